The zero-order chi connectivity index (χ0) is 14.7. The second-order valence-electron chi connectivity index (χ2n) is 3.94. The van der Waals surface area contributed by atoms with Crippen LogP contribution < -0.4 is 0 Å². The Morgan fingerprint density at radius 1 is 0.684 bits per heavy atom. The summed E-state index contributed by atoms with van der Waals surface area (Å²) in [6, 6.07) is 0. The quantitative estimate of drug-likeness (QED) is 0.360. The van der Waals surface area contributed by atoms with Gasteiger partial charge in [0.2, 0.25) is 0 Å². The molecule has 0 atom stereocenters. The van der Waals surface area contributed by atoms with Crippen molar-refractivity contribution in [3.63, 3.8) is 0 Å². The molecule has 0 saturated carbocycles. The molecule has 0 saturated heterocycles. The van der Waals surface area contributed by atoms with Crippen molar-refractivity contribution in [2.45, 2.75) is 40.0 Å². The van der Waals surface area contributed by atoms with Crippen molar-refractivity contribution in [3.05, 3.63) is 0 Å². The van der Waals surface area contributed by atoms with Crippen LogP contribution in [0.15, 0.2) is 0 Å². The molecule has 19 heavy (non-hydrogen) atoms. The summed E-state index contributed by atoms with van der Waals surface area (Å²) in [6.45, 7) is 5.89. The summed E-state index contributed by atoms with van der Waals surface area (Å²) in [5, 5.41) is 0. The Kier molecular flexibility index (Phi) is 9.48. The van der Waals surface area contributed by atoms with Crippen LogP contribution in [0, 0.1) is 5.92 Å². The van der Waals surface area contributed by atoms with E-state index in [9.17, 15) is 14.4 Å². The topological polar surface area (TPSA) is 78.9 Å². The van der Waals surface area contributed by atoms with Gasteiger partial charge in [-0.25, -0.2) is 0 Å². The molecule has 0 unspecified atom stereocenters. The maximum absolute atomic E-state index is 11.7. The fourth-order valence-electron chi connectivity index (χ4n) is 1.15. The largest absolute Gasteiger partial charge is 0.465 e. The highest BCUT2D eigenvalue weighted by atomic mass is 16.6. The van der Waals surface area contributed by atoms with Gasteiger partial charge >= 0.3 is 17.9 Å². The smallest absolute Gasteiger partial charge is 0.331 e. The van der Waals surface area contributed by atoms with Crippen LogP contribution in [0.4, 0.5) is 0 Å². The second kappa shape index (κ2) is 10.3. The van der Waals surface area contributed by atoms with Gasteiger partial charge in [0, 0.05) is 0 Å². The molecule has 0 amide bonds. The predicted molar refractivity (Wildman–Crippen MR) is 67.2 cm³/mol. The lowest BCUT2D eigenvalue weighted by Gasteiger charge is -2.14. The molecule has 110 valence electrons. The average Bonchev–Trinajstić information content (AvgIpc) is 2.40. The third kappa shape index (κ3) is 6.79. The van der Waals surface area contributed by atoms with Crippen molar-refractivity contribution in [1.82, 2.24) is 0 Å². The van der Waals surface area contributed by atoms with Gasteiger partial charge in [0.15, 0.2) is 0 Å². The van der Waals surface area contributed by atoms with Gasteiger partial charge in [-0.05, 0) is 19.3 Å². The van der Waals surface area contributed by atoms with Gasteiger partial charge < -0.3 is 14.2 Å². The van der Waals surface area contributed by atoms with Crippen molar-refractivity contribution >= 4 is 17.9 Å². The first kappa shape index (κ1) is 17.4. The number of hydrogen-bond acceptors (Lipinski definition) is 6. The molecule has 0 bridgehead atoms. The molecule has 0 fully saturated rings. The molecule has 0 aliphatic heterocycles. The lowest BCUT2D eigenvalue weighted by Crippen LogP contribution is -2.36. The number of rotatable bonds is 9. The van der Waals surface area contributed by atoms with E-state index in [2.05, 4.69) is 0 Å². The van der Waals surface area contributed by atoms with Crippen LogP contribution in [0.25, 0.3) is 0 Å². The Morgan fingerprint density at radius 3 is 1.16 bits per heavy atom. The Labute approximate surface area is 113 Å². The van der Waals surface area contributed by atoms with E-state index in [1.807, 2.05) is 20.8 Å². The van der Waals surface area contributed by atoms with Crippen molar-refractivity contribution in [2.75, 3.05) is 19.8 Å². The third-order valence-electron chi connectivity index (χ3n) is 2.05. The van der Waals surface area contributed by atoms with E-state index < -0.39 is 23.8 Å². The molecule has 0 radical (unpaired) electrons. The van der Waals surface area contributed by atoms with Gasteiger partial charge in [0.05, 0.1) is 19.8 Å². The van der Waals surface area contributed by atoms with Crippen LogP contribution in [0.2, 0.25) is 0 Å². The maximum Gasteiger partial charge on any atom is 0.331 e. The second-order valence-corrected chi connectivity index (χ2v) is 3.94. The van der Waals surface area contributed by atoms with Crippen LogP contribution in [0.1, 0.15) is 40.0 Å². The lowest BCUT2D eigenvalue weighted by atomic mass is 10.1. The number of carbonyl (C=O) groups is 3. The zero-order valence-electron chi connectivity index (χ0n) is 11.8. The van der Waals surface area contributed by atoms with E-state index in [4.69, 9.17) is 14.2 Å². The standard InChI is InChI=1S/C13H22O6/c1-4-7-17-11(14)10(12(15)18-8-5-2)13(16)19-9-6-3/h10H,4-9H2,1-3H3. The summed E-state index contributed by atoms with van der Waals surface area (Å²) < 4.78 is 14.4. The summed E-state index contributed by atoms with van der Waals surface area (Å²) in [6.07, 6.45) is 1.81. The van der Waals surface area contributed by atoms with E-state index in [-0.39, 0.29) is 19.8 Å². The van der Waals surface area contributed by atoms with E-state index in [0.717, 1.165) is 0 Å². The monoisotopic (exact) mass is 274 g/mol. The molecule has 0 aromatic carbocycles. The molecular formula is C13H22O6. The first-order valence-electron chi connectivity index (χ1n) is 6.58. The minimum atomic E-state index is -1.63. The van der Waals surface area contributed by atoms with Crippen LogP contribution >= 0.6 is 0 Å². The van der Waals surface area contributed by atoms with Crippen molar-refractivity contribution in [2.24, 2.45) is 5.92 Å². The summed E-state index contributed by atoms with van der Waals surface area (Å²) in [7, 11) is 0. The van der Waals surface area contributed by atoms with Gasteiger partial charge in [-0.2, -0.15) is 0 Å². The maximum atomic E-state index is 11.7. The van der Waals surface area contributed by atoms with Crippen LogP contribution in [-0.2, 0) is 28.6 Å². The minimum Gasteiger partial charge on any atom is -0.465 e. The highest BCUT2D eigenvalue weighted by Gasteiger charge is 2.38. The van der Waals surface area contributed by atoms with E-state index >= 15 is 0 Å². The van der Waals surface area contributed by atoms with Gasteiger partial charge in [0.1, 0.15) is 0 Å². The van der Waals surface area contributed by atoms with Crippen LogP contribution in [-0.4, -0.2) is 37.7 Å². The van der Waals surface area contributed by atoms with Gasteiger partial charge in [-0.3, -0.25) is 14.4 Å². The number of esters is 3. The number of ether oxygens (including phenoxy) is 3. The minimum absolute atomic E-state index is 0.150. The molecule has 0 aromatic rings. The Hall–Kier alpha value is -1.59. The van der Waals surface area contributed by atoms with Crippen molar-refractivity contribution in [1.29, 1.82) is 0 Å². The molecular weight excluding hydrogens is 252 g/mol. The fourth-order valence-corrected chi connectivity index (χ4v) is 1.15. The normalized spacial score (nSPS) is 10.1. The molecule has 0 aromatic heterocycles. The Balaban J connectivity index is 4.66. The van der Waals surface area contributed by atoms with Crippen LogP contribution in [0.3, 0.4) is 0 Å². The molecule has 6 heteroatoms. The van der Waals surface area contributed by atoms with Crippen molar-refractivity contribution in [3.8, 4) is 0 Å². The Bertz CT molecular complexity index is 252. The molecule has 0 rings (SSSR count). The average molecular weight is 274 g/mol. The number of carbonyl (C=O) groups excluding carboxylic acids is 3. The molecule has 0 aliphatic rings. The van der Waals surface area contributed by atoms with Gasteiger partial charge in [0.25, 0.3) is 5.92 Å². The van der Waals surface area contributed by atoms with E-state index in [1.54, 1.807) is 0 Å². The van der Waals surface area contributed by atoms with E-state index in [0.29, 0.717) is 19.3 Å². The summed E-state index contributed by atoms with van der Waals surface area (Å²) in [5.74, 6) is -4.37. The lowest BCUT2D eigenvalue weighted by molar-refractivity contribution is -0.172. The Morgan fingerprint density at radius 2 is 0.947 bits per heavy atom. The summed E-state index contributed by atoms with van der Waals surface area (Å²) in [4.78, 5) is 35.1. The fraction of sp³-hybridized carbons (Fsp3) is 0.769. The first-order chi connectivity index (χ1) is 9.08. The molecule has 6 nitrogen and oxygen atoms in total. The SMILES string of the molecule is CCCOC(=O)C(C(=O)OCCC)C(=O)OCCC. The van der Waals surface area contributed by atoms with Crippen molar-refractivity contribution < 1.29 is 28.6 Å². The first-order valence-corrected chi connectivity index (χ1v) is 6.58. The molecule has 0 spiro atoms. The summed E-state index contributed by atoms with van der Waals surface area (Å²) >= 11 is 0. The predicted octanol–water partition coefficient (Wildman–Crippen LogP) is 1.46. The van der Waals surface area contributed by atoms with Gasteiger partial charge in [-0.1, -0.05) is 20.8 Å². The molecule has 0 heterocycles. The third-order valence-corrected chi connectivity index (χ3v) is 2.05. The zero-order valence-corrected chi connectivity index (χ0v) is 11.8. The van der Waals surface area contributed by atoms with Crippen LogP contribution in [0.5, 0.6) is 0 Å². The molecule has 0 aliphatic carbocycles. The number of hydrogen-bond donors (Lipinski definition) is 0. The highest BCUT2D eigenvalue weighted by molar-refractivity contribution is 6.12. The van der Waals surface area contributed by atoms with E-state index in [1.165, 1.54) is 0 Å². The van der Waals surface area contributed by atoms with Gasteiger partial charge in [-0.15, -0.1) is 0 Å². The summed E-state index contributed by atoms with van der Waals surface area (Å²) in [5.41, 5.74) is 0. The molecule has 0 N–H and O–H groups in total. The highest BCUT2D eigenvalue weighted by Crippen LogP contribution is 2.08.